The SMILES string of the molecule is CN(CC(=O)Nc1ccc(N)cc1)Cc1cscn1. The number of nitrogens with zero attached hydrogens (tertiary/aromatic N) is 2. The molecule has 5 nitrogen and oxygen atoms in total. The summed E-state index contributed by atoms with van der Waals surface area (Å²) in [6, 6.07) is 7.09. The Labute approximate surface area is 116 Å². The third-order valence-corrected chi connectivity index (χ3v) is 3.16. The van der Waals surface area contributed by atoms with Crippen LogP contribution in [0.2, 0.25) is 0 Å². The number of carbonyl (C=O) groups is 1. The number of hydrogen-bond donors (Lipinski definition) is 2. The minimum Gasteiger partial charge on any atom is -0.399 e. The van der Waals surface area contributed by atoms with Crippen molar-refractivity contribution in [3.05, 3.63) is 40.8 Å². The van der Waals surface area contributed by atoms with Crippen molar-refractivity contribution in [1.29, 1.82) is 0 Å². The van der Waals surface area contributed by atoms with Crippen LogP contribution in [0.4, 0.5) is 11.4 Å². The van der Waals surface area contributed by atoms with E-state index in [2.05, 4.69) is 10.3 Å². The van der Waals surface area contributed by atoms with Crippen LogP contribution < -0.4 is 11.1 Å². The van der Waals surface area contributed by atoms with Gasteiger partial charge in [-0.15, -0.1) is 11.3 Å². The maximum absolute atomic E-state index is 11.8. The number of anilines is 2. The number of thiazole rings is 1. The summed E-state index contributed by atoms with van der Waals surface area (Å²) in [6.45, 7) is 0.987. The number of carbonyl (C=O) groups excluding carboxylic acids is 1. The number of nitrogens with one attached hydrogen (secondary N) is 1. The number of nitrogen functional groups attached to an aromatic ring is 1. The molecule has 19 heavy (non-hydrogen) atoms. The lowest BCUT2D eigenvalue weighted by atomic mass is 10.3. The zero-order valence-electron chi connectivity index (χ0n) is 10.7. The van der Waals surface area contributed by atoms with E-state index in [-0.39, 0.29) is 5.91 Å². The molecule has 0 fully saturated rings. The number of rotatable bonds is 5. The van der Waals surface area contributed by atoms with E-state index in [0.717, 1.165) is 11.4 Å². The van der Waals surface area contributed by atoms with Gasteiger partial charge in [0.15, 0.2) is 0 Å². The van der Waals surface area contributed by atoms with Crippen LogP contribution in [0.3, 0.4) is 0 Å². The molecule has 1 amide bonds. The van der Waals surface area contributed by atoms with E-state index in [1.807, 2.05) is 17.3 Å². The number of amides is 1. The molecular formula is C13H16N4OS. The van der Waals surface area contributed by atoms with Gasteiger partial charge in [-0.3, -0.25) is 9.69 Å². The summed E-state index contributed by atoms with van der Waals surface area (Å²) in [6.07, 6.45) is 0. The number of benzene rings is 1. The maximum atomic E-state index is 11.8. The smallest absolute Gasteiger partial charge is 0.238 e. The van der Waals surface area contributed by atoms with Crippen molar-refractivity contribution in [2.75, 3.05) is 24.6 Å². The normalized spacial score (nSPS) is 10.6. The predicted molar refractivity (Wildman–Crippen MR) is 77.9 cm³/mol. The van der Waals surface area contributed by atoms with Crippen molar-refractivity contribution in [2.24, 2.45) is 0 Å². The first-order chi connectivity index (χ1) is 9.13. The van der Waals surface area contributed by atoms with E-state index in [4.69, 9.17) is 5.73 Å². The van der Waals surface area contributed by atoms with E-state index < -0.39 is 0 Å². The molecule has 0 radical (unpaired) electrons. The van der Waals surface area contributed by atoms with Gasteiger partial charge < -0.3 is 11.1 Å². The molecule has 1 aromatic carbocycles. The summed E-state index contributed by atoms with van der Waals surface area (Å²) >= 11 is 1.55. The Bertz CT molecular complexity index is 524. The van der Waals surface area contributed by atoms with Crippen molar-refractivity contribution in [3.8, 4) is 0 Å². The number of nitrogens with two attached hydrogens (primary N) is 1. The van der Waals surface area contributed by atoms with Gasteiger partial charge in [-0.25, -0.2) is 4.98 Å². The second-order valence-corrected chi connectivity index (χ2v) is 5.04. The van der Waals surface area contributed by atoms with Gasteiger partial charge in [0.1, 0.15) is 0 Å². The Balaban J connectivity index is 1.82. The van der Waals surface area contributed by atoms with Gasteiger partial charge >= 0.3 is 0 Å². The lowest BCUT2D eigenvalue weighted by Crippen LogP contribution is -2.29. The predicted octanol–water partition coefficient (Wildman–Crippen LogP) is 1.80. The monoisotopic (exact) mass is 276 g/mol. The minimum atomic E-state index is -0.0532. The van der Waals surface area contributed by atoms with Crippen LogP contribution in [-0.4, -0.2) is 29.4 Å². The molecule has 0 unspecified atom stereocenters. The number of likely N-dealkylation sites (N-methyl/N-ethyl adjacent to an activating group) is 1. The highest BCUT2D eigenvalue weighted by Gasteiger charge is 2.08. The molecular weight excluding hydrogens is 260 g/mol. The molecule has 0 spiro atoms. The molecule has 100 valence electrons. The van der Waals surface area contributed by atoms with Crippen LogP contribution in [0.15, 0.2) is 35.2 Å². The van der Waals surface area contributed by atoms with Crippen LogP contribution in [-0.2, 0) is 11.3 Å². The third-order valence-electron chi connectivity index (χ3n) is 2.52. The van der Waals surface area contributed by atoms with Gasteiger partial charge in [0.2, 0.25) is 5.91 Å². The van der Waals surface area contributed by atoms with E-state index in [9.17, 15) is 4.79 Å². The molecule has 2 rings (SSSR count). The summed E-state index contributed by atoms with van der Waals surface area (Å²) in [5, 5.41) is 4.81. The topological polar surface area (TPSA) is 71.2 Å². The summed E-state index contributed by atoms with van der Waals surface area (Å²) < 4.78 is 0. The summed E-state index contributed by atoms with van der Waals surface area (Å²) in [4.78, 5) is 17.9. The van der Waals surface area contributed by atoms with E-state index in [1.54, 1.807) is 41.1 Å². The lowest BCUT2D eigenvalue weighted by molar-refractivity contribution is -0.117. The molecule has 0 aliphatic carbocycles. The standard InChI is InChI=1S/C13H16N4OS/c1-17(6-12-8-19-9-15-12)7-13(18)16-11-4-2-10(14)3-5-11/h2-5,8-9H,6-7,14H2,1H3,(H,16,18). The zero-order chi connectivity index (χ0) is 13.7. The van der Waals surface area contributed by atoms with Gasteiger partial charge in [0, 0.05) is 23.3 Å². The second-order valence-electron chi connectivity index (χ2n) is 4.32. The zero-order valence-corrected chi connectivity index (χ0v) is 11.5. The quantitative estimate of drug-likeness (QED) is 0.817. The average molecular weight is 276 g/mol. The van der Waals surface area contributed by atoms with Crippen molar-refractivity contribution in [3.63, 3.8) is 0 Å². The average Bonchev–Trinajstić information content (AvgIpc) is 2.84. The van der Waals surface area contributed by atoms with E-state index in [0.29, 0.717) is 18.8 Å². The first-order valence-electron chi connectivity index (χ1n) is 5.84. The minimum absolute atomic E-state index is 0.0532. The highest BCUT2D eigenvalue weighted by Crippen LogP contribution is 2.10. The van der Waals surface area contributed by atoms with Gasteiger partial charge in [-0.1, -0.05) is 0 Å². The fourth-order valence-corrected chi connectivity index (χ4v) is 2.21. The molecule has 6 heteroatoms. The Hall–Kier alpha value is -1.92. The molecule has 3 N–H and O–H groups in total. The largest absolute Gasteiger partial charge is 0.399 e. The summed E-state index contributed by atoms with van der Waals surface area (Å²) in [5.74, 6) is -0.0532. The molecule has 0 aliphatic heterocycles. The molecule has 2 aromatic rings. The van der Waals surface area contributed by atoms with Crippen LogP contribution in [0.25, 0.3) is 0 Å². The van der Waals surface area contributed by atoms with Crippen LogP contribution >= 0.6 is 11.3 Å². The van der Waals surface area contributed by atoms with E-state index in [1.165, 1.54) is 0 Å². The Morgan fingerprint density at radius 3 is 2.79 bits per heavy atom. The molecule has 0 bridgehead atoms. The van der Waals surface area contributed by atoms with Crippen LogP contribution in [0, 0.1) is 0 Å². The van der Waals surface area contributed by atoms with Crippen molar-refractivity contribution < 1.29 is 4.79 Å². The molecule has 0 saturated carbocycles. The fourth-order valence-electron chi connectivity index (χ4n) is 1.66. The van der Waals surface area contributed by atoms with Gasteiger partial charge in [-0.2, -0.15) is 0 Å². The third kappa shape index (κ3) is 4.35. The fraction of sp³-hybridized carbons (Fsp3) is 0.231. The maximum Gasteiger partial charge on any atom is 0.238 e. The number of hydrogen-bond acceptors (Lipinski definition) is 5. The first kappa shape index (κ1) is 13.5. The van der Waals surface area contributed by atoms with E-state index >= 15 is 0 Å². The van der Waals surface area contributed by atoms with Crippen LogP contribution in [0.1, 0.15) is 5.69 Å². The molecule has 0 saturated heterocycles. The highest BCUT2D eigenvalue weighted by atomic mass is 32.1. The lowest BCUT2D eigenvalue weighted by Gasteiger charge is -2.14. The number of aromatic nitrogens is 1. The summed E-state index contributed by atoms with van der Waals surface area (Å²) in [5.41, 5.74) is 9.79. The first-order valence-corrected chi connectivity index (χ1v) is 6.79. The van der Waals surface area contributed by atoms with Gasteiger partial charge in [0.25, 0.3) is 0 Å². The van der Waals surface area contributed by atoms with Gasteiger partial charge in [0.05, 0.1) is 17.7 Å². The highest BCUT2D eigenvalue weighted by molar-refractivity contribution is 7.07. The molecule has 0 aliphatic rings. The molecule has 1 aromatic heterocycles. The Morgan fingerprint density at radius 2 is 2.16 bits per heavy atom. The van der Waals surface area contributed by atoms with Crippen molar-refractivity contribution >= 4 is 28.6 Å². The van der Waals surface area contributed by atoms with Crippen molar-refractivity contribution in [2.45, 2.75) is 6.54 Å². The van der Waals surface area contributed by atoms with Crippen LogP contribution in [0.5, 0.6) is 0 Å². The second kappa shape index (κ2) is 6.31. The summed E-state index contributed by atoms with van der Waals surface area (Å²) in [7, 11) is 1.89. The molecule has 1 heterocycles. The van der Waals surface area contributed by atoms with Gasteiger partial charge in [-0.05, 0) is 31.3 Å². The Morgan fingerprint density at radius 1 is 1.42 bits per heavy atom. The van der Waals surface area contributed by atoms with Crippen molar-refractivity contribution in [1.82, 2.24) is 9.88 Å². The molecule has 0 atom stereocenters. The Kier molecular flexibility index (Phi) is 4.48.